The van der Waals surface area contributed by atoms with Crippen LogP contribution in [-0.4, -0.2) is 6.54 Å². The minimum atomic E-state index is 0.519. The molecular weight excluding hydrogens is 172 g/mol. The number of hydrogen-bond donors (Lipinski definition) is 2. The van der Waals surface area contributed by atoms with E-state index in [9.17, 15) is 0 Å². The lowest BCUT2D eigenvalue weighted by molar-refractivity contribution is 0.412. The van der Waals surface area contributed by atoms with Crippen molar-refractivity contribution < 1.29 is 0 Å². The van der Waals surface area contributed by atoms with Crippen molar-refractivity contribution in [3.05, 3.63) is 29.3 Å². The minimum Gasteiger partial charge on any atom is -0.399 e. The largest absolute Gasteiger partial charge is 0.399 e. The molecule has 0 radical (unpaired) electrons. The SMILES string of the molecule is Cc1cc(N)cc(C2CCCCN2)c1. The third-order valence-corrected chi connectivity index (χ3v) is 2.83. The molecule has 1 saturated heterocycles. The topological polar surface area (TPSA) is 38.0 Å². The molecule has 1 unspecified atom stereocenters. The maximum absolute atomic E-state index is 5.84. The lowest BCUT2D eigenvalue weighted by atomic mass is 9.96. The van der Waals surface area contributed by atoms with Gasteiger partial charge in [0.15, 0.2) is 0 Å². The van der Waals surface area contributed by atoms with Gasteiger partial charge in [0, 0.05) is 11.7 Å². The Bertz CT molecular complexity index is 294. The van der Waals surface area contributed by atoms with Crippen LogP contribution in [0.4, 0.5) is 5.69 Å². The molecule has 0 bridgehead atoms. The van der Waals surface area contributed by atoms with Gasteiger partial charge in [-0.25, -0.2) is 0 Å². The van der Waals surface area contributed by atoms with E-state index in [-0.39, 0.29) is 0 Å². The number of piperidine rings is 1. The van der Waals surface area contributed by atoms with Crippen LogP contribution < -0.4 is 11.1 Å². The van der Waals surface area contributed by atoms with Crippen LogP contribution in [0.3, 0.4) is 0 Å². The van der Waals surface area contributed by atoms with E-state index in [1.165, 1.54) is 30.4 Å². The van der Waals surface area contributed by atoms with Gasteiger partial charge in [-0.15, -0.1) is 0 Å². The Morgan fingerprint density at radius 3 is 2.79 bits per heavy atom. The first-order valence-corrected chi connectivity index (χ1v) is 5.36. The van der Waals surface area contributed by atoms with Crippen molar-refractivity contribution in [3.8, 4) is 0 Å². The van der Waals surface area contributed by atoms with E-state index in [1.807, 2.05) is 6.07 Å². The van der Waals surface area contributed by atoms with Crippen LogP contribution in [0.1, 0.15) is 36.4 Å². The predicted octanol–water partition coefficient (Wildman–Crippen LogP) is 2.39. The van der Waals surface area contributed by atoms with Crippen LogP contribution >= 0.6 is 0 Å². The molecule has 2 nitrogen and oxygen atoms in total. The third-order valence-electron chi connectivity index (χ3n) is 2.83. The number of anilines is 1. The number of aryl methyl sites for hydroxylation is 1. The fraction of sp³-hybridized carbons (Fsp3) is 0.500. The molecule has 0 aromatic heterocycles. The van der Waals surface area contributed by atoms with E-state index in [2.05, 4.69) is 24.4 Å². The summed E-state index contributed by atoms with van der Waals surface area (Å²) in [6.07, 6.45) is 3.87. The highest BCUT2D eigenvalue weighted by Crippen LogP contribution is 2.25. The number of benzene rings is 1. The van der Waals surface area contributed by atoms with Gasteiger partial charge in [0.1, 0.15) is 0 Å². The molecule has 76 valence electrons. The summed E-state index contributed by atoms with van der Waals surface area (Å²) in [4.78, 5) is 0. The van der Waals surface area contributed by atoms with E-state index >= 15 is 0 Å². The Morgan fingerprint density at radius 2 is 2.14 bits per heavy atom. The van der Waals surface area contributed by atoms with E-state index in [4.69, 9.17) is 5.73 Å². The quantitative estimate of drug-likeness (QED) is 0.667. The van der Waals surface area contributed by atoms with Crippen LogP contribution in [0.15, 0.2) is 18.2 Å². The monoisotopic (exact) mass is 190 g/mol. The van der Waals surface area contributed by atoms with Gasteiger partial charge < -0.3 is 11.1 Å². The Balaban J connectivity index is 2.21. The molecule has 2 rings (SSSR count). The molecule has 3 N–H and O–H groups in total. The van der Waals surface area contributed by atoms with E-state index in [0.29, 0.717) is 6.04 Å². The highest BCUT2D eigenvalue weighted by atomic mass is 14.9. The zero-order valence-corrected chi connectivity index (χ0v) is 8.72. The normalized spacial score (nSPS) is 22.2. The fourth-order valence-electron chi connectivity index (χ4n) is 2.18. The van der Waals surface area contributed by atoms with Crippen LogP contribution in [0, 0.1) is 6.92 Å². The Hall–Kier alpha value is -1.02. The molecule has 0 spiro atoms. The van der Waals surface area contributed by atoms with E-state index < -0.39 is 0 Å². The third kappa shape index (κ3) is 2.07. The zero-order valence-electron chi connectivity index (χ0n) is 8.72. The van der Waals surface area contributed by atoms with Crippen molar-refractivity contribution >= 4 is 5.69 Å². The van der Waals surface area contributed by atoms with Crippen molar-refractivity contribution in [2.45, 2.75) is 32.2 Å². The van der Waals surface area contributed by atoms with Gasteiger partial charge in [0.05, 0.1) is 0 Å². The lowest BCUT2D eigenvalue weighted by Crippen LogP contribution is -2.26. The van der Waals surface area contributed by atoms with Gasteiger partial charge in [0.2, 0.25) is 0 Å². The summed E-state index contributed by atoms with van der Waals surface area (Å²) in [7, 11) is 0. The number of nitrogens with two attached hydrogens (primary N) is 1. The standard InChI is InChI=1S/C12H18N2/c1-9-6-10(8-11(13)7-9)12-4-2-3-5-14-12/h6-8,12,14H,2-5,13H2,1H3. The maximum atomic E-state index is 5.84. The first kappa shape index (κ1) is 9.53. The summed E-state index contributed by atoms with van der Waals surface area (Å²) in [5, 5.41) is 3.53. The molecule has 1 aromatic rings. The second-order valence-corrected chi connectivity index (χ2v) is 4.18. The summed E-state index contributed by atoms with van der Waals surface area (Å²) < 4.78 is 0. The second-order valence-electron chi connectivity index (χ2n) is 4.18. The lowest BCUT2D eigenvalue weighted by Gasteiger charge is -2.24. The summed E-state index contributed by atoms with van der Waals surface area (Å²) in [5.41, 5.74) is 9.33. The van der Waals surface area contributed by atoms with Crippen LogP contribution in [0.2, 0.25) is 0 Å². The first-order chi connectivity index (χ1) is 6.75. The predicted molar refractivity (Wildman–Crippen MR) is 60.2 cm³/mol. The van der Waals surface area contributed by atoms with Crippen molar-refractivity contribution in [2.75, 3.05) is 12.3 Å². The molecular formula is C12H18N2. The molecule has 1 aromatic carbocycles. The molecule has 0 aliphatic carbocycles. The molecule has 0 amide bonds. The van der Waals surface area contributed by atoms with Gasteiger partial charge in [-0.1, -0.05) is 12.5 Å². The number of nitrogen functional groups attached to an aromatic ring is 1. The van der Waals surface area contributed by atoms with Gasteiger partial charge >= 0.3 is 0 Å². The van der Waals surface area contributed by atoms with Crippen molar-refractivity contribution in [2.24, 2.45) is 0 Å². The number of hydrogen-bond acceptors (Lipinski definition) is 2. The maximum Gasteiger partial charge on any atom is 0.0321 e. The summed E-state index contributed by atoms with van der Waals surface area (Å²) in [5.74, 6) is 0. The smallest absolute Gasteiger partial charge is 0.0321 e. The molecule has 0 saturated carbocycles. The Labute approximate surface area is 85.5 Å². The highest BCUT2D eigenvalue weighted by Gasteiger charge is 2.14. The molecule has 1 heterocycles. The minimum absolute atomic E-state index is 0.519. The van der Waals surface area contributed by atoms with Crippen molar-refractivity contribution in [3.63, 3.8) is 0 Å². The Kier molecular flexibility index (Phi) is 2.73. The van der Waals surface area contributed by atoms with Crippen LogP contribution in [0.25, 0.3) is 0 Å². The number of rotatable bonds is 1. The van der Waals surface area contributed by atoms with Crippen molar-refractivity contribution in [1.29, 1.82) is 0 Å². The van der Waals surface area contributed by atoms with Crippen molar-refractivity contribution in [1.82, 2.24) is 5.32 Å². The molecule has 14 heavy (non-hydrogen) atoms. The molecule has 1 fully saturated rings. The molecule has 1 atom stereocenters. The van der Waals surface area contributed by atoms with Gasteiger partial charge in [-0.3, -0.25) is 0 Å². The fourth-order valence-corrected chi connectivity index (χ4v) is 2.18. The highest BCUT2D eigenvalue weighted by molar-refractivity contribution is 5.45. The number of nitrogens with one attached hydrogen (secondary N) is 1. The molecule has 1 aliphatic heterocycles. The van der Waals surface area contributed by atoms with Crippen LogP contribution in [-0.2, 0) is 0 Å². The summed E-state index contributed by atoms with van der Waals surface area (Å²) in [6.45, 7) is 3.24. The molecule has 2 heteroatoms. The van der Waals surface area contributed by atoms with Gasteiger partial charge in [-0.05, 0) is 49.6 Å². The molecule has 1 aliphatic rings. The summed E-state index contributed by atoms with van der Waals surface area (Å²) >= 11 is 0. The van der Waals surface area contributed by atoms with E-state index in [0.717, 1.165) is 12.2 Å². The van der Waals surface area contributed by atoms with Gasteiger partial charge in [-0.2, -0.15) is 0 Å². The van der Waals surface area contributed by atoms with Crippen LogP contribution in [0.5, 0.6) is 0 Å². The summed E-state index contributed by atoms with van der Waals surface area (Å²) in [6, 6.07) is 6.87. The second kappa shape index (κ2) is 4.01. The average molecular weight is 190 g/mol. The Morgan fingerprint density at radius 1 is 1.29 bits per heavy atom. The van der Waals surface area contributed by atoms with Gasteiger partial charge in [0.25, 0.3) is 0 Å². The van der Waals surface area contributed by atoms with E-state index in [1.54, 1.807) is 0 Å². The average Bonchev–Trinajstić information content (AvgIpc) is 2.18. The first-order valence-electron chi connectivity index (χ1n) is 5.36. The zero-order chi connectivity index (χ0) is 9.97.